The highest BCUT2D eigenvalue weighted by Crippen LogP contribution is 2.53. The summed E-state index contributed by atoms with van der Waals surface area (Å²) in [7, 11) is 1.72. The second-order valence-corrected chi connectivity index (χ2v) is 6.40. The van der Waals surface area contributed by atoms with Crippen molar-refractivity contribution in [1.29, 1.82) is 0 Å². The lowest BCUT2D eigenvalue weighted by molar-refractivity contribution is -0.190. The Morgan fingerprint density at radius 2 is 1.27 bits per heavy atom. The second-order valence-electron chi connectivity index (χ2n) is 6.40. The number of rotatable bonds is 0. The van der Waals surface area contributed by atoms with Gasteiger partial charge in [0.25, 0.3) is 5.91 Å². The minimum Gasteiger partial charge on any atom is -0.325 e. The molecule has 3 nitrogen and oxygen atoms in total. The minimum atomic E-state index is -0.670. The number of likely N-dealkylation sites (tertiary alicyclic amines) is 1. The van der Waals surface area contributed by atoms with E-state index in [1.165, 1.54) is 0 Å². The van der Waals surface area contributed by atoms with Crippen molar-refractivity contribution >= 4 is 11.7 Å². The third kappa shape index (κ3) is 1.18. The number of Topliss-reactive ketones (excluding diaryl/α,β-unsaturated/α-hetero) is 1. The van der Waals surface area contributed by atoms with E-state index in [1.807, 2.05) is 41.5 Å². The normalized spacial score (nSPS) is 21.7. The highest BCUT2D eigenvalue weighted by molar-refractivity contribution is 6.46. The van der Waals surface area contributed by atoms with Crippen molar-refractivity contribution in [2.75, 3.05) is 7.05 Å². The lowest BCUT2D eigenvalue weighted by atomic mass is 9.53. The molecule has 1 heterocycles. The monoisotopic (exact) mass is 211 g/mol. The van der Waals surface area contributed by atoms with Crippen molar-refractivity contribution in [3.8, 4) is 0 Å². The molecule has 3 heteroatoms. The molecule has 15 heavy (non-hydrogen) atoms. The Morgan fingerprint density at radius 3 is 1.40 bits per heavy atom. The van der Waals surface area contributed by atoms with Crippen LogP contribution in [0.4, 0.5) is 0 Å². The average Bonchev–Trinajstić information content (AvgIpc) is 1.99. The minimum absolute atomic E-state index is 0.245. The predicted octanol–water partition coefficient (Wildman–Crippen LogP) is 1.86. The van der Waals surface area contributed by atoms with Gasteiger partial charge in [-0.25, -0.2) is 0 Å². The number of carbonyl (C=O) groups excluding carboxylic acids is 2. The fourth-order valence-corrected chi connectivity index (χ4v) is 3.37. The summed E-state index contributed by atoms with van der Waals surface area (Å²) in [6, 6.07) is 0. The summed E-state index contributed by atoms with van der Waals surface area (Å²) in [5.41, 5.74) is -1.16. The van der Waals surface area contributed by atoms with Crippen LogP contribution >= 0.6 is 0 Å². The number of hydrogen-bond donors (Lipinski definition) is 0. The van der Waals surface area contributed by atoms with Crippen molar-refractivity contribution in [1.82, 2.24) is 4.90 Å². The molecular weight excluding hydrogens is 190 g/mol. The number of β-lactam (4-membered cyclic amide) rings is 1. The van der Waals surface area contributed by atoms with E-state index in [0.717, 1.165) is 0 Å². The summed E-state index contributed by atoms with van der Waals surface area (Å²) < 4.78 is 0. The fraction of sp³-hybridized carbons (Fsp3) is 0.833. The van der Waals surface area contributed by atoms with Crippen LogP contribution in [-0.2, 0) is 9.59 Å². The first-order valence-electron chi connectivity index (χ1n) is 5.30. The van der Waals surface area contributed by atoms with Crippen molar-refractivity contribution in [2.45, 2.75) is 47.1 Å². The molecule has 0 N–H and O–H groups in total. The van der Waals surface area contributed by atoms with E-state index in [1.54, 1.807) is 11.9 Å². The molecule has 86 valence electrons. The van der Waals surface area contributed by atoms with Gasteiger partial charge in [-0.3, -0.25) is 9.59 Å². The van der Waals surface area contributed by atoms with E-state index in [2.05, 4.69) is 0 Å². The van der Waals surface area contributed by atoms with Gasteiger partial charge in [0.05, 0.1) is 0 Å². The zero-order chi connectivity index (χ0) is 12.2. The summed E-state index contributed by atoms with van der Waals surface area (Å²) in [4.78, 5) is 25.0. The van der Waals surface area contributed by atoms with Gasteiger partial charge in [-0.15, -0.1) is 0 Å². The molecule has 1 aliphatic rings. The Morgan fingerprint density at radius 1 is 0.933 bits per heavy atom. The van der Waals surface area contributed by atoms with Gasteiger partial charge in [0, 0.05) is 7.05 Å². The molecule has 0 radical (unpaired) electrons. The smallest absolute Gasteiger partial charge is 0.293 e. The quantitative estimate of drug-likeness (QED) is 0.453. The third-order valence-corrected chi connectivity index (χ3v) is 3.50. The van der Waals surface area contributed by atoms with Gasteiger partial charge in [0.15, 0.2) is 0 Å². The molecule has 0 unspecified atom stereocenters. The molecule has 1 aliphatic heterocycles. The van der Waals surface area contributed by atoms with Gasteiger partial charge in [-0.1, -0.05) is 41.5 Å². The molecule has 0 saturated carbocycles. The number of amides is 1. The van der Waals surface area contributed by atoms with Crippen LogP contribution in [0.25, 0.3) is 0 Å². The summed E-state index contributed by atoms with van der Waals surface area (Å²) >= 11 is 0. The van der Waals surface area contributed by atoms with E-state index in [-0.39, 0.29) is 22.5 Å². The van der Waals surface area contributed by atoms with Crippen LogP contribution in [0.2, 0.25) is 0 Å². The highest BCUT2D eigenvalue weighted by Gasteiger charge is 2.69. The lowest BCUT2D eigenvalue weighted by Gasteiger charge is -2.62. The number of nitrogens with zero attached hydrogens (tertiary/aromatic N) is 1. The van der Waals surface area contributed by atoms with Crippen molar-refractivity contribution in [3.63, 3.8) is 0 Å². The molecule has 0 aromatic carbocycles. The first kappa shape index (κ1) is 12.2. The molecule has 0 aromatic rings. The molecule has 0 atom stereocenters. The van der Waals surface area contributed by atoms with Crippen LogP contribution in [0, 0.1) is 10.8 Å². The van der Waals surface area contributed by atoms with E-state index in [0.29, 0.717) is 0 Å². The summed E-state index contributed by atoms with van der Waals surface area (Å²) in [6.07, 6.45) is 0. The van der Waals surface area contributed by atoms with Crippen molar-refractivity contribution in [3.05, 3.63) is 0 Å². The topological polar surface area (TPSA) is 37.4 Å². The second kappa shape index (κ2) is 2.83. The molecule has 1 fully saturated rings. The molecule has 0 aromatic heterocycles. The summed E-state index contributed by atoms with van der Waals surface area (Å²) in [6.45, 7) is 12.1. The lowest BCUT2D eigenvalue weighted by Crippen LogP contribution is -2.80. The van der Waals surface area contributed by atoms with Crippen LogP contribution in [0.1, 0.15) is 41.5 Å². The van der Waals surface area contributed by atoms with Crippen LogP contribution < -0.4 is 0 Å². The Balaban J connectivity index is 3.36. The Kier molecular flexibility index (Phi) is 2.31. The Labute approximate surface area is 91.8 Å². The molecule has 0 bridgehead atoms. The summed E-state index contributed by atoms with van der Waals surface area (Å²) in [5, 5.41) is 0. The van der Waals surface area contributed by atoms with Gasteiger partial charge in [0.2, 0.25) is 5.78 Å². The average molecular weight is 211 g/mol. The standard InChI is InChI=1S/C12H21NO2/c1-10(2,3)12(11(4,5)6)8(14)9(15)13(12)7/h1-7H3. The summed E-state index contributed by atoms with van der Waals surface area (Å²) in [5.74, 6) is -0.607. The predicted molar refractivity (Wildman–Crippen MR) is 59.4 cm³/mol. The van der Waals surface area contributed by atoms with E-state index in [9.17, 15) is 9.59 Å². The fourth-order valence-electron chi connectivity index (χ4n) is 3.37. The maximum atomic E-state index is 12.0. The number of hydrogen-bond acceptors (Lipinski definition) is 2. The van der Waals surface area contributed by atoms with Gasteiger partial charge in [0.1, 0.15) is 5.54 Å². The number of carbonyl (C=O) groups is 2. The van der Waals surface area contributed by atoms with Crippen LogP contribution in [0.15, 0.2) is 0 Å². The molecule has 0 spiro atoms. The van der Waals surface area contributed by atoms with Gasteiger partial charge >= 0.3 is 0 Å². The van der Waals surface area contributed by atoms with Gasteiger partial charge in [-0.2, -0.15) is 0 Å². The van der Waals surface area contributed by atoms with Crippen LogP contribution in [0.3, 0.4) is 0 Å². The third-order valence-electron chi connectivity index (χ3n) is 3.50. The van der Waals surface area contributed by atoms with E-state index >= 15 is 0 Å². The number of ketones is 1. The maximum Gasteiger partial charge on any atom is 0.293 e. The Bertz CT molecular complexity index is 303. The number of likely N-dealkylation sites (N-methyl/N-ethyl adjacent to an activating group) is 1. The molecule has 0 aliphatic carbocycles. The zero-order valence-corrected chi connectivity index (χ0v) is 10.8. The first-order chi connectivity index (χ1) is 6.48. The van der Waals surface area contributed by atoms with Crippen molar-refractivity contribution in [2.24, 2.45) is 10.8 Å². The van der Waals surface area contributed by atoms with Gasteiger partial charge in [-0.05, 0) is 10.8 Å². The van der Waals surface area contributed by atoms with Crippen molar-refractivity contribution < 1.29 is 9.59 Å². The van der Waals surface area contributed by atoms with Crippen LogP contribution in [0.5, 0.6) is 0 Å². The van der Waals surface area contributed by atoms with E-state index in [4.69, 9.17) is 0 Å². The van der Waals surface area contributed by atoms with Crippen LogP contribution in [-0.4, -0.2) is 29.2 Å². The van der Waals surface area contributed by atoms with E-state index < -0.39 is 5.54 Å². The zero-order valence-electron chi connectivity index (χ0n) is 10.8. The SMILES string of the molecule is CN1C(=O)C(=O)C1(C(C)(C)C)C(C)(C)C. The Hall–Kier alpha value is -0.860. The first-order valence-corrected chi connectivity index (χ1v) is 5.30. The highest BCUT2D eigenvalue weighted by atomic mass is 16.2. The molecule has 1 saturated heterocycles. The largest absolute Gasteiger partial charge is 0.325 e. The van der Waals surface area contributed by atoms with Gasteiger partial charge < -0.3 is 4.90 Å². The molecule has 1 amide bonds. The maximum absolute atomic E-state index is 12.0. The molecule has 1 rings (SSSR count). The molecular formula is C12H21NO2.